The fraction of sp³-hybridized carbons (Fsp3) is 0.647. The Bertz CT molecular complexity index is 1090. The highest BCUT2D eigenvalue weighted by Gasteiger charge is 2.34. The number of amidine groups is 1. The number of amides is 1. The summed E-state index contributed by atoms with van der Waals surface area (Å²) in [5, 5.41) is 10.9. The highest BCUT2D eigenvalue weighted by molar-refractivity contribution is 5.83. The molecule has 1 aromatic carbocycles. The molecule has 3 N–H and O–H groups in total. The Balaban J connectivity index is 1.02. The van der Waals surface area contributed by atoms with Crippen molar-refractivity contribution in [3.63, 3.8) is 0 Å². The van der Waals surface area contributed by atoms with Gasteiger partial charge in [0.1, 0.15) is 5.84 Å². The number of carbonyl (C=O) groups excluding carboxylic acids is 1. The van der Waals surface area contributed by atoms with Gasteiger partial charge in [-0.2, -0.15) is 0 Å². The van der Waals surface area contributed by atoms with E-state index in [-0.39, 0.29) is 0 Å². The zero-order chi connectivity index (χ0) is 28.4. The second kappa shape index (κ2) is 15.0. The monoisotopic (exact) mass is 560 g/mol. The fourth-order valence-electron chi connectivity index (χ4n) is 6.34. The average molecular weight is 561 g/mol. The average Bonchev–Trinajstić information content (AvgIpc) is 3.85. The Labute approximate surface area is 247 Å². The lowest BCUT2D eigenvalue weighted by molar-refractivity contribution is -0.134. The van der Waals surface area contributed by atoms with Crippen LogP contribution in [0.1, 0.15) is 89.2 Å². The van der Waals surface area contributed by atoms with Crippen molar-refractivity contribution in [1.82, 2.24) is 25.8 Å². The van der Waals surface area contributed by atoms with Crippen LogP contribution in [0.2, 0.25) is 0 Å². The highest BCUT2D eigenvalue weighted by atomic mass is 16.2. The zero-order valence-corrected chi connectivity index (χ0v) is 25.5. The van der Waals surface area contributed by atoms with Crippen LogP contribution in [-0.4, -0.2) is 66.9 Å². The maximum Gasteiger partial charge on any atom is 0.225 e. The molecule has 7 nitrogen and oxygen atoms in total. The van der Waals surface area contributed by atoms with Crippen LogP contribution in [0.5, 0.6) is 0 Å². The Morgan fingerprint density at radius 2 is 1.59 bits per heavy atom. The third-order valence-electron chi connectivity index (χ3n) is 9.11. The minimum Gasteiger partial charge on any atom is -0.369 e. The Morgan fingerprint density at radius 3 is 2.29 bits per heavy atom. The van der Waals surface area contributed by atoms with Gasteiger partial charge in [0.15, 0.2) is 0 Å². The quantitative estimate of drug-likeness (QED) is 0.329. The molecule has 41 heavy (non-hydrogen) atoms. The van der Waals surface area contributed by atoms with Crippen LogP contribution in [0.3, 0.4) is 0 Å². The summed E-state index contributed by atoms with van der Waals surface area (Å²) in [4.78, 5) is 21.9. The summed E-state index contributed by atoms with van der Waals surface area (Å²) in [6.45, 7) is 11.7. The summed E-state index contributed by atoms with van der Waals surface area (Å²) < 4.78 is 0. The number of carbonyl (C=O) groups is 1. The van der Waals surface area contributed by atoms with Crippen molar-refractivity contribution in [2.24, 2.45) is 10.9 Å². The predicted molar refractivity (Wildman–Crippen MR) is 168 cm³/mol. The third kappa shape index (κ3) is 9.17. The largest absolute Gasteiger partial charge is 0.369 e. The molecule has 0 spiro atoms. The maximum atomic E-state index is 12.4. The van der Waals surface area contributed by atoms with E-state index >= 15 is 0 Å². The number of aliphatic imine (C=N–C) groups is 1. The summed E-state index contributed by atoms with van der Waals surface area (Å²) in [5.74, 6) is 1.75. The van der Waals surface area contributed by atoms with Gasteiger partial charge in [0, 0.05) is 69.0 Å². The molecule has 224 valence electrons. The van der Waals surface area contributed by atoms with E-state index in [1.165, 1.54) is 60.9 Å². The van der Waals surface area contributed by atoms with E-state index in [1.54, 1.807) is 0 Å². The SMILES string of the molecule is CC1=C/C(N2CCN(C(=O)C3CC3)CC2)=C(/C)CC/C(NCc2ccc(CNCCCNC3CCCCC3)cc2)=N\1. The van der Waals surface area contributed by atoms with Crippen LogP contribution in [0, 0.1) is 5.92 Å². The zero-order valence-electron chi connectivity index (χ0n) is 25.5. The van der Waals surface area contributed by atoms with Gasteiger partial charge in [-0.25, -0.2) is 4.99 Å². The van der Waals surface area contributed by atoms with E-state index in [1.807, 2.05) is 0 Å². The first-order valence-corrected chi connectivity index (χ1v) is 16.3. The normalized spacial score (nSPS) is 25.1. The van der Waals surface area contributed by atoms with Gasteiger partial charge in [-0.3, -0.25) is 4.79 Å². The summed E-state index contributed by atoms with van der Waals surface area (Å²) in [6, 6.07) is 9.71. The smallest absolute Gasteiger partial charge is 0.225 e. The van der Waals surface area contributed by atoms with Gasteiger partial charge in [0.05, 0.1) is 0 Å². The van der Waals surface area contributed by atoms with Crippen LogP contribution in [0.4, 0.5) is 0 Å². The van der Waals surface area contributed by atoms with Crippen molar-refractivity contribution in [3.05, 3.63) is 58.4 Å². The van der Waals surface area contributed by atoms with Gasteiger partial charge in [-0.1, -0.05) is 43.5 Å². The first-order chi connectivity index (χ1) is 20.0. The summed E-state index contributed by atoms with van der Waals surface area (Å²) in [5.41, 5.74) is 6.36. The molecular weight excluding hydrogens is 508 g/mol. The lowest BCUT2D eigenvalue weighted by Crippen LogP contribution is -2.48. The summed E-state index contributed by atoms with van der Waals surface area (Å²) >= 11 is 0. The van der Waals surface area contributed by atoms with Gasteiger partial charge >= 0.3 is 0 Å². The van der Waals surface area contributed by atoms with E-state index < -0.39 is 0 Å². The molecule has 2 aliphatic heterocycles. The van der Waals surface area contributed by atoms with Gasteiger partial charge in [-0.15, -0.1) is 0 Å². The molecule has 2 aliphatic carbocycles. The van der Waals surface area contributed by atoms with E-state index in [9.17, 15) is 4.79 Å². The van der Waals surface area contributed by atoms with Crippen LogP contribution in [-0.2, 0) is 17.9 Å². The number of hydrogen-bond donors (Lipinski definition) is 3. The molecule has 0 bridgehead atoms. The van der Waals surface area contributed by atoms with Crippen LogP contribution in [0.25, 0.3) is 0 Å². The molecular formula is C34H52N6O. The number of nitrogens with one attached hydrogen (secondary N) is 3. The van der Waals surface area contributed by atoms with E-state index in [0.29, 0.717) is 11.8 Å². The number of piperazine rings is 1. The summed E-state index contributed by atoms with van der Waals surface area (Å²) in [6.07, 6.45) is 14.4. The van der Waals surface area contributed by atoms with E-state index in [0.717, 1.165) is 95.6 Å². The fourth-order valence-corrected chi connectivity index (χ4v) is 6.34. The van der Waals surface area contributed by atoms with Crippen molar-refractivity contribution < 1.29 is 4.79 Å². The van der Waals surface area contributed by atoms with E-state index in [2.05, 4.69) is 69.9 Å². The van der Waals surface area contributed by atoms with Crippen molar-refractivity contribution in [2.75, 3.05) is 39.3 Å². The van der Waals surface area contributed by atoms with Crippen LogP contribution in [0.15, 0.2) is 52.3 Å². The molecule has 0 unspecified atom stereocenters. The predicted octanol–water partition coefficient (Wildman–Crippen LogP) is 5.10. The molecule has 2 heterocycles. The van der Waals surface area contributed by atoms with Crippen LogP contribution >= 0.6 is 0 Å². The Morgan fingerprint density at radius 1 is 0.878 bits per heavy atom. The van der Waals surface area contributed by atoms with E-state index in [4.69, 9.17) is 4.99 Å². The Kier molecular flexibility index (Phi) is 10.9. The van der Waals surface area contributed by atoms with Crippen molar-refractivity contribution >= 4 is 11.7 Å². The topological polar surface area (TPSA) is 72.0 Å². The Hall–Kier alpha value is -2.64. The number of hydrogen-bond acceptors (Lipinski definition) is 6. The maximum absolute atomic E-state index is 12.4. The minimum absolute atomic E-state index is 0.314. The molecule has 5 rings (SSSR count). The standard InChI is InChI=1S/C34H52N6O/c1-26-9-16-33(38-27(2)23-32(26)39-19-21-40(22-20-39)34(41)30-14-15-30)37-25-29-12-10-28(11-13-29)24-35-17-6-18-36-31-7-4-3-5-8-31/h10-13,23,30-31,35-36H,3-9,14-22,24-25H2,1-2H3,(H,37,38)/b27-23-,32-26+. The molecule has 0 aromatic heterocycles. The lowest BCUT2D eigenvalue weighted by atomic mass is 9.95. The second-order valence-electron chi connectivity index (χ2n) is 12.6. The highest BCUT2D eigenvalue weighted by Crippen LogP contribution is 2.32. The lowest BCUT2D eigenvalue weighted by Gasteiger charge is -2.38. The third-order valence-corrected chi connectivity index (χ3v) is 9.11. The second-order valence-corrected chi connectivity index (χ2v) is 12.6. The molecule has 1 amide bonds. The number of benzene rings is 1. The number of rotatable bonds is 11. The van der Waals surface area contributed by atoms with Gasteiger partial charge in [0.25, 0.3) is 0 Å². The molecule has 3 fully saturated rings. The van der Waals surface area contributed by atoms with Crippen LogP contribution < -0.4 is 16.0 Å². The molecule has 2 saturated carbocycles. The molecule has 1 aromatic rings. The van der Waals surface area contributed by atoms with Crippen molar-refractivity contribution in [2.45, 2.75) is 97.2 Å². The molecule has 7 heteroatoms. The van der Waals surface area contributed by atoms with Crippen molar-refractivity contribution in [1.29, 1.82) is 0 Å². The number of nitrogens with zero attached hydrogens (tertiary/aromatic N) is 3. The van der Waals surface area contributed by atoms with Gasteiger partial charge < -0.3 is 25.8 Å². The minimum atomic E-state index is 0.314. The molecule has 0 atom stereocenters. The van der Waals surface area contributed by atoms with Gasteiger partial charge in [0.2, 0.25) is 5.91 Å². The number of allylic oxidation sites excluding steroid dienone is 3. The van der Waals surface area contributed by atoms with Crippen molar-refractivity contribution in [3.8, 4) is 0 Å². The first-order valence-electron chi connectivity index (χ1n) is 16.3. The first kappa shape index (κ1) is 29.8. The summed E-state index contributed by atoms with van der Waals surface area (Å²) in [7, 11) is 0. The van der Waals surface area contributed by atoms with Gasteiger partial charge in [-0.05, 0) is 88.2 Å². The molecule has 4 aliphatic rings. The molecule has 0 radical (unpaired) electrons. The molecule has 1 saturated heterocycles.